The van der Waals surface area contributed by atoms with Crippen molar-refractivity contribution in [3.8, 4) is 0 Å². The van der Waals surface area contributed by atoms with Crippen LogP contribution >= 0.6 is 0 Å². The van der Waals surface area contributed by atoms with Gasteiger partial charge in [0.2, 0.25) is 0 Å². The highest BCUT2D eigenvalue weighted by molar-refractivity contribution is 6.06. The van der Waals surface area contributed by atoms with Crippen molar-refractivity contribution >= 4 is 16.8 Å². The topological polar surface area (TPSA) is 53.4 Å². The fourth-order valence-corrected chi connectivity index (χ4v) is 3.90. The number of benzene rings is 1. The number of aliphatic hydroxyl groups is 1. The Bertz CT molecular complexity index is 681. The average molecular weight is 282 g/mol. The number of carbonyl (C=O) groups is 1. The van der Waals surface area contributed by atoms with Gasteiger partial charge >= 0.3 is 0 Å². The van der Waals surface area contributed by atoms with Crippen LogP contribution in [-0.2, 0) is 0 Å². The summed E-state index contributed by atoms with van der Waals surface area (Å²) in [5, 5.41) is 10.8. The van der Waals surface area contributed by atoms with Gasteiger partial charge in [-0.1, -0.05) is 18.2 Å². The van der Waals surface area contributed by atoms with Gasteiger partial charge in [0, 0.05) is 23.7 Å². The van der Waals surface area contributed by atoms with E-state index in [1.807, 2.05) is 35.2 Å². The van der Waals surface area contributed by atoms with Gasteiger partial charge in [0.15, 0.2) is 0 Å². The molecule has 2 aromatic rings. The van der Waals surface area contributed by atoms with Gasteiger partial charge in [-0.05, 0) is 37.8 Å². The summed E-state index contributed by atoms with van der Waals surface area (Å²) in [6.45, 7) is 0. The number of hydrogen-bond acceptors (Lipinski definition) is 3. The highest BCUT2D eigenvalue weighted by Crippen LogP contribution is 2.37. The Labute approximate surface area is 123 Å². The summed E-state index contributed by atoms with van der Waals surface area (Å²) < 4.78 is 0. The maximum Gasteiger partial charge on any atom is 0.255 e. The second kappa shape index (κ2) is 4.81. The Morgan fingerprint density at radius 3 is 2.62 bits per heavy atom. The molecule has 3 heterocycles. The fraction of sp³-hybridized carbons (Fsp3) is 0.412. The lowest BCUT2D eigenvalue weighted by molar-refractivity contribution is 0.0288. The van der Waals surface area contributed by atoms with Crippen molar-refractivity contribution in [2.45, 2.75) is 43.9 Å². The van der Waals surface area contributed by atoms with Gasteiger partial charge in [-0.15, -0.1) is 0 Å². The van der Waals surface area contributed by atoms with E-state index in [-0.39, 0.29) is 24.1 Å². The molecule has 2 saturated heterocycles. The number of hydrogen-bond donors (Lipinski definition) is 1. The quantitative estimate of drug-likeness (QED) is 0.873. The van der Waals surface area contributed by atoms with E-state index in [1.165, 1.54) is 0 Å². The number of aliphatic hydroxyl groups excluding tert-OH is 1. The Balaban J connectivity index is 1.74. The number of aromatic nitrogens is 1. The number of piperidine rings is 1. The molecule has 2 atom stereocenters. The smallest absolute Gasteiger partial charge is 0.255 e. The van der Waals surface area contributed by atoms with Crippen LogP contribution in [0.3, 0.4) is 0 Å². The number of carbonyl (C=O) groups excluding carboxylic acids is 1. The van der Waals surface area contributed by atoms with Crippen molar-refractivity contribution in [1.82, 2.24) is 9.88 Å². The maximum absolute atomic E-state index is 13.0. The summed E-state index contributed by atoms with van der Waals surface area (Å²) in [7, 11) is 0. The average Bonchev–Trinajstić information content (AvgIpc) is 2.78. The highest BCUT2D eigenvalue weighted by atomic mass is 16.3. The van der Waals surface area contributed by atoms with E-state index in [0.717, 1.165) is 29.3 Å². The van der Waals surface area contributed by atoms with E-state index in [2.05, 4.69) is 4.98 Å². The van der Waals surface area contributed by atoms with Crippen LogP contribution in [0.2, 0.25) is 0 Å². The molecule has 4 nitrogen and oxygen atoms in total. The predicted molar refractivity (Wildman–Crippen MR) is 80.0 cm³/mol. The molecule has 0 aliphatic carbocycles. The summed E-state index contributed by atoms with van der Waals surface area (Å²) >= 11 is 0. The number of amides is 1. The largest absolute Gasteiger partial charge is 0.393 e. The number of rotatable bonds is 1. The van der Waals surface area contributed by atoms with Crippen molar-refractivity contribution in [2.24, 2.45) is 0 Å². The first-order valence-corrected chi connectivity index (χ1v) is 7.58. The number of pyridine rings is 1. The lowest BCUT2D eigenvalue weighted by Gasteiger charge is -2.37. The zero-order valence-electron chi connectivity index (χ0n) is 11.8. The first-order chi connectivity index (χ1) is 10.2. The molecule has 1 N–H and O–H groups in total. The van der Waals surface area contributed by atoms with E-state index < -0.39 is 0 Å². The summed E-state index contributed by atoms with van der Waals surface area (Å²) in [5.41, 5.74) is 1.58. The molecule has 4 rings (SSSR count). The lowest BCUT2D eigenvalue weighted by Crippen LogP contribution is -2.48. The third kappa shape index (κ3) is 2.02. The first kappa shape index (κ1) is 12.8. The summed E-state index contributed by atoms with van der Waals surface area (Å²) in [5.74, 6) is 0.0907. The molecule has 108 valence electrons. The van der Waals surface area contributed by atoms with Crippen molar-refractivity contribution in [3.05, 3.63) is 42.1 Å². The Morgan fingerprint density at radius 1 is 1.14 bits per heavy atom. The Hall–Kier alpha value is -1.94. The zero-order chi connectivity index (χ0) is 14.4. The van der Waals surface area contributed by atoms with Gasteiger partial charge < -0.3 is 10.0 Å². The molecule has 2 bridgehead atoms. The molecule has 1 aromatic carbocycles. The molecule has 2 fully saturated rings. The molecule has 2 aliphatic heterocycles. The Morgan fingerprint density at radius 2 is 1.86 bits per heavy atom. The normalized spacial score (nSPS) is 28.0. The van der Waals surface area contributed by atoms with Crippen molar-refractivity contribution in [2.75, 3.05) is 0 Å². The van der Waals surface area contributed by atoms with Crippen LogP contribution in [-0.4, -0.2) is 39.1 Å². The maximum atomic E-state index is 13.0. The zero-order valence-corrected chi connectivity index (χ0v) is 11.8. The van der Waals surface area contributed by atoms with Gasteiger partial charge in [0.25, 0.3) is 5.91 Å². The molecule has 21 heavy (non-hydrogen) atoms. The van der Waals surface area contributed by atoms with E-state index in [1.54, 1.807) is 6.20 Å². The minimum absolute atomic E-state index is 0.0907. The third-order valence-electron chi connectivity index (χ3n) is 4.82. The van der Waals surface area contributed by atoms with Crippen LogP contribution in [0.15, 0.2) is 36.5 Å². The fourth-order valence-electron chi connectivity index (χ4n) is 3.90. The van der Waals surface area contributed by atoms with Crippen LogP contribution in [0.4, 0.5) is 0 Å². The standard InChI is InChI=1S/C17H18N2O2/c20-13-9-11-5-6-12(10-13)19(11)17(21)15-7-8-18-16-4-2-1-3-14(15)16/h1-4,7-8,11-13,20H,5-6,9-10H2. The van der Waals surface area contributed by atoms with Crippen LogP contribution in [0.25, 0.3) is 10.9 Å². The molecule has 1 amide bonds. The molecular weight excluding hydrogens is 264 g/mol. The van der Waals surface area contributed by atoms with Crippen molar-refractivity contribution < 1.29 is 9.90 Å². The molecule has 1 aromatic heterocycles. The third-order valence-corrected chi connectivity index (χ3v) is 4.82. The second-order valence-electron chi connectivity index (χ2n) is 6.10. The van der Waals surface area contributed by atoms with E-state index >= 15 is 0 Å². The molecule has 2 aliphatic rings. The summed E-state index contributed by atoms with van der Waals surface area (Å²) in [4.78, 5) is 19.3. The van der Waals surface area contributed by atoms with Gasteiger partial charge in [-0.2, -0.15) is 0 Å². The van der Waals surface area contributed by atoms with Crippen LogP contribution < -0.4 is 0 Å². The van der Waals surface area contributed by atoms with E-state index in [0.29, 0.717) is 12.8 Å². The van der Waals surface area contributed by atoms with Crippen LogP contribution in [0, 0.1) is 0 Å². The van der Waals surface area contributed by atoms with Crippen LogP contribution in [0.5, 0.6) is 0 Å². The van der Waals surface area contributed by atoms with Crippen molar-refractivity contribution in [1.29, 1.82) is 0 Å². The summed E-state index contributed by atoms with van der Waals surface area (Å²) in [6.07, 6.45) is 4.90. The second-order valence-corrected chi connectivity index (χ2v) is 6.10. The van der Waals surface area contributed by atoms with Gasteiger partial charge in [-0.25, -0.2) is 0 Å². The monoisotopic (exact) mass is 282 g/mol. The number of fused-ring (bicyclic) bond motifs is 3. The number of para-hydroxylation sites is 1. The molecule has 4 heteroatoms. The van der Waals surface area contributed by atoms with Crippen molar-refractivity contribution in [3.63, 3.8) is 0 Å². The van der Waals surface area contributed by atoms with Crippen LogP contribution in [0.1, 0.15) is 36.0 Å². The van der Waals surface area contributed by atoms with E-state index in [4.69, 9.17) is 0 Å². The van der Waals surface area contributed by atoms with Gasteiger partial charge in [-0.3, -0.25) is 9.78 Å². The van der Waals surface area contributed by atoms with E-state index in [9.17, 15) is 9.90 Å². The Kier molecular flexibility index (Phi) is 2.93. The highest BCUT2D eigenvalue weighted by Gasteiger charge is 2.43. The molecule has 0 saturated carbocycles. The minimum atomic E-state index is -0.249. The molecule has 0 spiro atoms. The molecule has 2 unspecified atom stereocenters. The molecule has 0 radical (unpaired) electrons. The predicted octanol–water partition coefficient (Wildman–Crippen LogP) is 2.36. The summed E-state index contributed by atoms with van der Waals surface area (Å²) in [6, 6.07) is 9.96. The lowest BCUT2D eigenvalue weighted by atomic mass is 9.98. The molecular formula is C17H18N2O2. The minimum Gasteiger partial charge on any atom is -0.393 e. The first-order valence-electron chi connectivity index (χ1n) is 7.58. The van der Waals surface area contributed by atoms with Gasteiger partial charge in [0.1, 0.15) is 0 Å². The number of nitrogens with zero attached hydrogens (tertiary/aromatic N) is 2. The van der Waals surface area contributed by atoms with Gasteiger partial charge in [0.05, 0.1) is 17.2 Å². The SMILES string of the molecule is O=C(c1ccnc2ccccc12)N1C2CCC1CC(O)C2.